The number of nitrogens with zero attached hydrogens (tertiary/aromatic N) is 1. The molecule has 0 atom stereocenters. The number of ether oxygens (including phenoxy) is 3. The number of hydrogen-bond donors (Lipinski definition) is 0. The number of carbonyl (C=O) groups is 2. The van der Waals surface area contributed by atoms with Gasteiger partial charge in [-0.05, 0) is 36.0 Å². The van der Waals surface area contributed by atoms with E-state index in [0.29, 0.717) is 33.4 Å². The highest BCUT2D eigenvalue weighted by molar-refractivity contribution is 8.19. The van der Waals surface area contributed by atoms with E-state index in [1.165, 1.54) is 21.3 Å². The number of amides is 2. The topological polar surface area (TPSA) is 65.1 Å². The van der Waals surface area contributed by atoms with Crippen LogP contribution in [0.1, 0.15) is 5.56 Å². The molecule has 0 bridgehead atoms. The van der Waals surface area contributed by atoms with Gasteiger partial charge < -0.3 is 14.2 Å². The average Bonchev–Trinajstić information content (AvgIpc) is 2.95. The lowest BCUT2D eigenvalue weighted by molar-refractivity contribution is -0.113. The molecule has 2 aromatic rings. The molecule has 0 N–H and O–H groups in total. The zero-order valence-electron chi connectivity index (χ0n) is 14.5. The van der Waals surface area contributed by atoms with E-state index in [-0.39, 0.29) is 11.1 Å². The minimum atomic E-state index is -0.372. The predicted molar refractivity (Wildman–Crippen MR) is 101 cm³/mol. The molecule has 0 aromatic heterocycles. The van der Waals surface area contributed by atoms with Crippen molar-refractivity contribution in [3.8, 4) is 17.2 Å². The first kappa shape index (κ1) is 17.9. The minimum absolute atomic E-state index is 0.310. The summed E-state index contributed by atoms with van der Waals surface area (Å²) in [6, 6.07) is 12.2. The number of imide groups is 1. The van der Waals surface area contributed by atoms with E-state index in [4.69, 9.17) is 14.2 Å². The van der Waals surface area contributed by atoms with Crippen LogP contribution in [0, 0.1) is 0 Å². The Balaban J connectivity index is 2.01. The third kappa shape index (κ3) is 3.25. The molecule has 1 aliphatic heterocycles. The van der Waals surface area contributed by atoms with E-state index in [1.807, 2.05) is 6.07 Å². The molecule has 0 unspecified atom stereocenters. The van der Waals surface area contributed by atoms with Gasteiger partial charge >= 0.3 is 0 Å². The van der Waals surface area contributed by atoms with Crippen LogP contribution < -0.4 is 19.1 Å². The summed E-state index contributed by atoms with van der Waals surface area (Å²) in [5.74, 6) is 1.15. The summed E-state index contributed by atoms with van der Waals surface area (Å²) in [4.78, 5) is 26.5. The molecule has 1 saturated heterocycles. The molecule has 1 aliphatic rings. The van der Waals surface area contributed by atoms with Crippen LogP contribution in [0.4, 0.5) is 10.5 Å². The van der Waals surface area contributed by atoms with Gasteiger partial charge in [-0.3, -0.25) is 9.59 Å². The van der Waals surface area contributed by atoms with Crippen molar-refractivity contribution in [3.63, 3.8) is 0 Å². The van der Waals surface area contributed by atoms with Crippen molar-refractivity contribution in [2.45, 2.75) is 0 Å². The van der Waals surface area contributed by atoms with Crippen molar-refractivity contribution in [1.29, 1.82) is 0 Å². The normalized spacial score (nSPS) is 15.5. The Morgan fingerprint density at radius 3 is 2.12 bits per heavy atom. The summed E-state index contributed by atoms with van der Waals surface area (Å²) in [5, 5.41) is -0.341. The fourth-order valence-electron chi connectivity index (χ4n) is 2.57. The van der Waals surface area contributed by atoms with Gasteiger partial charge in [-0.15, -0.1) is 0 Å². The van der Waals surface area contributed by atoms with Gasteiger partial charge in [-0.25, -0.2) is 4.90 Å². The Labute approximate surface area is 155 Å². The Kier molecular flexibility index (Phi) is 5.18. The quantitative estimate of drug-likeness (QED) is 0.742. The van der Waals surface area contributed by atoms with Crippen molar-refractivity contribution in [1.82, 2.24) is 0 Å². The Morgan fingerprint density at radius 2 is 1.50 bits per heavy atom. The van der Waals surface area contributed by atoms with Crippen molar-refractivity contribution in [2.75, 3.05) is 26.2 Å². The highest BCUT2D eigenvalue weighted by Crippen LogP contribution is 2.40. The summed E-state index contributed by atoms with van der Waals surface area (Å²) in [6.45, 7) is 0. The fourth-order valence-corrected chi connectivity index (χ4v) is 3.41. The van der Waals surface area contributed by atoms with Gasteiger partial charge in [0.2, 0.25) is 0 Å². The summed E-state index contributed by atoms with van der Waals surface area (Å²) >= 11 is 0.885. The lowest BCUT2D eigenvalue weighted by atomic mass is 10.1. The highest BCUT2D eigenvalue weighted by Gasteiger charge is 2.36. The Hall–Kier alpha value is -2.93. The number of para-hydroxylation sites is 1. The number of carbonyl (C=O) groups excluding carboxylic acids is 2. The van der Waals surface area contributed by atoms with E-state index in [2.05, 4.69) is 0 Å². The van der Waals surface area contributed by atoms with Crippen LogP contribution >= 0.6 is 11.8 Å². The molecule has 26 heavy (non-hydrogen) atoms. The zero-order chi connectivity index (χ0) is 18.7. The molecule has 0 spiro atoms. The molecule has 6 nitrogen and oxygen atoms in total. The van der Waals surface area contributed by atoms with Gasteiger partial charge in [0.05, 0.1) is 31.9 Å². The second-order valence-corrected chi connectivity index (χ2v) is 6.30. The van der Waals surface area contributed by atoms with Crippen molar-refractivity contribution >= 4 is 34.7 Å². The summed E-state index contributed by atoms with van der Waals surface area (Å²) in [5.41, 5.74) is 1.15. The summed E-state index contributed by atoms with van der Waals surface area (Å²) in [6.07, 6.45) is 1.62. The molecular formula is C19H17NO5S. The third-order valence-electron chi connectivity index (χ3n) is 3.83. The van der Waals surface area contributed by atoms with Crippen LogP contribution in [-0.4, -0.2) is 32.5 Å². The average molecular weight is 371 g/mol. The van der Waals surface area contributed by atoms with Gasteiger partial charge in [-0.1, -0.05) is 18.2 Å². The standard InChI is InChI=1S/C19H17NO5S/c1-23-14-11-16(25-3)15(24-2)9-12(14)10-17-18(21)20(19(22)26-17)13-7-5-4-6-8-13/h4-11H,1-3H3/b17-10-. The molecule has 134 valence electrons. The third-order valence-corrected chi connectivity index (χ3v) is 4.70. The first-order valence-corrected chi connectivity index (χ1v) is 8.53. The SMILES string of the molecule is COc1cc(OC)c(OC)cc1/C=C1\SC(=O)N(c2ccccc2)C1=O. The van der Waals surface area contributed by atoms with Gasteiger partial charge in [-0.2, -0.15) is 0 Å². The van der Waals surface area contributed by atoms with E-state index in [9.17, 15) is 9.59 Å². The number of benzene rings is 2. The number of anilines is 1. The maximum Gasteiger partial charge on any atom is 0.298 e. The molecule has 0 saturated carbocycles. The van der Waals surface area contributed by atoms with Gasteiger partial charge in [0.15, 0.2) is 11.5 Å². The first-order valence-electron chi connectivity index (χ1n) is 7.72. The number of thioether (sulfide) groups is 1. The number of hydrogen-bond acceptors (Lipinski definition) is 6. The van der Waals surface area contributed by atoms with Crippen LogP contribution in [0.3, 0.4) is 0 Å². The van der Waals surface area contributed by atoms with Crippen LogP contribution in [0.5, 0.6) is 17.2 Å². The monoisotopic (exact) mass is 371 g/mol. The second kappa shape index (κ2) is 7.53. The zero-order valence-corrected chi connectivity index (χ0v) is 15.3. The van der Waals surface area contributed by atoms with Crippen molar-refractivity contribution in [2.24, 2.45) is 0 Å². The van der Waals surface area contributed by atoms with Crippen molar-refractivity contribution < 1.29 is 23.8 Å². The molecule has 1 fully saturated rings. The maximum atomic E-state index is 12.7. The first-order chi connectivity index (χ1) is 12.6. The summed E-state index contributed by atoms with van der Waals surface area (Å²) in [7, 11) is 4.58. The predicted octanol–water partition coefficient (Wildman–Crippen LogP) is 3.95. The molecule has 0 aliphatic carbocycles. The minimum Gasteiger partial charge on any atom is -0.496 e. The summed E-state index contributed by atoms with van der Waals surface area (Å²) < 4.78 is 15.9. The fraction of sp³-hybridized carbons (Fsp3) is 0.158. The Bertz CT molecular complexity index is 879. The molecule has 2 aromatic carbocycles. The molecule has 2 amide bonds. The molecule has 7 heteroatoms. The molecule has 3 rings (SSSR count). The van der Waals surface area contributed by atoms with E-state index in [1.54, 1.807) is 42.5 Å². The largest absolute Gasteiger partial charge is 0.496 e. The van der Waals surface area contributed by atoms with Crippen molar-refractivity contribution in [3.05, 3.63) is 52.9 Å². The lowest BCUT2D eigenvalue weighted by Gasteiger charge is -2.13. The van der Waals surface area contributed by atoms with E-state index in [0.717, 1.165) is 16.7 Å². The van der Waals surface area contributed by atoms with Gasteiger partial charge in [0.1, 0.15) is 5.75 Å². The molecule has 1 heterocycles. The lowest BCUT2D eigenvalue weighted by Crippen LogP contribution is -2.27. The van der Waals surface area contributed by atoms with E-state index < -0.39 is 0 Å². The van der Waals surface area contributed by atoms with Crippen LogP contribution in [0.15, 0.2) is 47.4 Å². The van der Waals surface area contributed by atoms with E-state index >= 15 is 0 Å². The number of methoxy groups -OCH3 is 3. The van der Waals surface area contributed by atoms with Crippen LogP contribution in [0.2, 0.25) is 0 Å². The smallest absolute Gasteiger partial charge is 0.298 e. The number of rotatable bonds is 5. The molecular weight excluding hydrogens is 354 g/mol. The van der Waals surface area contributed by atoms with Crippen LogP contribution in [0.25, 0.3) is 6.08 Å². The Morgan fingerprint density at radius 1 is 0.885 bits per heavy atom. The second-order valence-electron chi connectivity index (χ2n) is 5.30. The molecule has 0 radical (unpaired) electrons. The van der Waals surface area contributed by atoms with Crippen LogP contribution in [-0.2, 0) is 4.79 Å². The van der Waals surface area contributed by atoms with Gasteiger partial charge in [0.25, 0.3) is 11.1 Å². The highest BCUT2D eigenvalue weighted by atomic mass is 32.2. The maximum absolute atomic E-state index is 12.7. The van der Waals surface area contributed by atoms with Gasteiger partial charge in [0, 0.05) is 11.6 Å².